The maximum Gasteiger partial charge on any atom is 0.337 e. The van der Waals surface area contributed by atoms with Gasteiger partial charge in [-0.2, -0.15) is 0 Å². The normalized spacial score (nSPS) is 10.2. The Bertz CT molecular complexity index is 769. The van der Waals surface area contributed by atoms with Gasteiger partial charge in [-0.25, -0.2) is 9.18 Å². The lowest BCUT2D eigenvalue weighted by Gasteiger charge is -2.07. The third kappa shape index (κ3) is 2.39. The molecule has 0 atom stereocenters. The van der Waals surface area contributed by atoms with Crippen molar-refractivity contribution in [2.24, 2.45) is 0 Å². The van der Waals surface area contributed by atoms with E-state index in [2.05, 4.69) is 0 Å². The number of benzene rings is 1. The van der Waals surface area contributed by atoms with Crippen LogP contribution in [0, 0.1) is 15.9 Å². The molecule has 1 N–H and O–H groups in total. The number of carbonyl (C=O) groups is 1. The summed E-state index contributed by atoms with van der Waals surface area (Å²) in [5.41, 5.74) is -1.73. The number of nitro benzene ring substituents is 1. The number of nitrogens with zero attached hydrogens (tertiary/aromatic N) is 2. The molecule has 7 nitrogen and oxygen atoms in total. The van der Waals surface area contributed by atoms with Gasteiger partial charge in [-0.1, -0.05) is 0 Å². The molecule has 1 aromatic heterocycles. The highest BCUT2D eigenvalue weighted by molar-refractivity contribution is 5.87. The first-order valence-corrected chi connectivity index (χ1v) is 5.30. The molecule has 0 fully saturated rings. The lowest BCUT2D eigenvalue weighted by atomic mass is 10.2. The summed E-state index contributed by atoms with van der Waals surface area (Å²) in [6.45, 7) is 0. The average Bonchev–Trinajstić information content (AvgIpc) is 2.39. The predicted octanol–water partition coefficient (Wildman–Crippen LogP) is 1.58. The Hall–Kier alpha value is -3.03. The highest BCUT2D eigenvalue weighted by Gasteiger charge is 2.14. The van der Waals surface area contributed by atoms with E-state index in [4.69, 9.17) is 5.11 Å². The van der Waals surface area contributed by atoms with Gasteiger partial charge in [0.2, 0.25) is 0 Å². The Morgan fingerprint density at radius 1 is 1.30 bits per heavy atom. The minimum Gasteiger partial charge on any atom is -0.478 e. The first-order chi connectivity index (χ1) is 9.40. The van der Waals surface area contributed by atoms with Crippen LogP contribution in [0.25, 0.3) is 5.69 Å². The highest BCUT2D eigenvalue weighted by atomic mass is 19.1. The SMILES string of the molecule is O=C(O)c1ccc(=O)n(-c2cc([N+](=O)[O-])ccc2F)c1. The van der Waals surface area contributed by atoms with E-state index in [0.717, 1.165) is 36.5 Å². The zero-order chi connectivity index (χ0) is 14.9. The van der Waals surface area contributed by atoms with Gasteiger partial charge in [-0.15, -0.1) is 0 Å². The van der Waals surface area contributed by atoms with Crippen LogP contribution in [0.15, 0.2) is 41.3 Å². The maximum absolute atomic E-state index is 13.7. The fourth-order valence-corrected chi connectivity index (χ4v) is 1.60. The van der Waals surface area contributed by atoms with Crippen molar-refractivity contribution in [1.82, 2.24) is 4.57 Å². The number of hydrogen-bond donors (Lipinski definition) is 1. The Balaban J connectivity index is 2.70. The minimum absolute atomic E-state index is 0.240. The molecule has 0 saturated carbocycles. The second-order valence-corrected chi connectivity index (χ2v) is 3.82. The monoisotopic (exact) mass is 278 g/mol. The van der Waals surface area contributed by atoms with Crippen LogP contribution in [0.5, 0.6) is 0 Å². The molecule has 2 rings (SSSR count). The molecule has 0 spiro atoms. The van der Waals surface area contributed by atoms with Gasteiger partial charge >= 0.3 is 5.97 Å². The molecule has 0 unspecified atom stereocenters. The first kappa shape index (κ1) is 13.4. The van der Waals surface area contributed by atoms with E-state index in [9.17, 15) is 24.1 Å². The molecule has 0 aliphatic carbocycles. The Morgan fingerprint density at radius 3 is 2.60 bits per heavy atom. The number of nitro groups is 1. The predicted molar refractivity (Wildman–Crippen MR) is 65.6 cm³/mol. The fourth-order valence-electron chi connectivity index (χ4n) is 1.60. The number of carboxylic acid groups (broad SMARTS) is 1. The lowest BCUT2D eigenvalue weighted by Crippen LogP contribution is -2.19. The van der Waals surface area contributed by atoms with Gasteiger partial charge in [0.25, 0.3) is 11.2 Å². The smallest absolute Gasteiger partial charge is 0.337 e. The summed E-state index contributed by atoms with van der Waals surface area (Å²) >= 11 is 0. The molecular formula is C12H7FN2O5. The van der Waals surface area contributed by atoms with Crippen LogP contribution in [0.3, 0.4) is 0 Å². The van der Waals surface area contributed by atoms with Gasteiger partial charge in [0.15, 0.2) is 0 Å². The molecular weight excluding hydrogens is 271 g/mol. The Kier molecular flexibility index (Phi) is 3.30. The van der Waals surface area contributed by atoms with Crippen molar-refractivity contribution in [3.8, 4) is 5.69 Å². The van der Waals surface area contributed by atoms with Crippen LogP contribution in [0.1, 0.15) is 10.4 Å². The number of pyridine rings is 1. The number of aromatic carboxylic acids is 1. The van der Waals surface area contributed by atoms with Gasteiger partial charge in [-0.05, 0) is 12.1 Å². The van der Waals surface area contributed by atoms with Crippen molar-refractivity contribution in [2.45, 2.75) is 0 Å². The fraction of sp³-hybridized carbons (Fsp3) is 0. The Labute approximate surface area is 110 Å². The quantitative estimate of drug-likeness (QED) is 0.678. The molecule has 8 heteroatoms. The molecule has 1 heterocycles. The van der Waals surface area contributed by atoms with Crippen LogP contribution in [-0.4, -0.2) is 20.6 Å². The number of non-ortho nitro benzene ring substituents is 1. The maximum atomic E-state index is 13.7. The summed E-state index contributed by atoms with van der Waals surface area (Å²) in [6, 6.07) is 4.67. The molecule has 0 saturated heterocycles. The standard InChI is InChI=1S/C12H7FN2O5/c13-9-3-2-8(15(19)20)5-10(9)14-6-7(12(17)18)1-4-11(14)16/h1-6H,(H,17,18). The molecule has 0 bridgehead atoms. The van der Waals surface area contributed by atoms with E-state index in [1.165, 1.54) is 0 Å². The third-order valence-corrected chi connectivity index (χ3v) is 2.56. The molecule has 0 aliphatic rings. The largest absolute Gasteiger partial charge is 0.478 e. The van der Waals surface area contributed by atoms with Crippen molar-refractivity contribution >= 4 is 11.7 Å². The third-order valence-electron chi connectivity index (χ3n) is 2.56. The molecule has 1 aromatic carbocycles. The summed E-state index contributed by atoms with van der Waals surface area (Å²) in [7, 11) is 0. The molecule has 0 aliphatic heterocycles. The van der Waals surface area contributed by atoms with Crippen molar-refractivity contribution in [3.05, 3.63) is 68.4 Å². The van der Waals surface area contributed by atoms with E-state index in [1.54, 1.807) is 0 Å². The van der Waals surface area contributed by atoms with Gasteiger partial charge < -0.3 is 5.11 Å². The van der Waals surface area contributed by atoms with Gasteiger partial charge in [0, 0.05) is 24.4 Å². The summed E-state index contributed by atoms with van der Waals surface area (Å²) < 4.78 is 14.4. The molecule has 2 aromatic rings. The summed E-state index contributed by atoms with van der Waals surface area (Å²) in [6.07, 6.45) is 0.910. The number of halogens is 1. The summed E-state index contributed by atoms with van der Waals surface area (Å²) in [4.78, 5) is 32.4. The number of hydrogen-bond acceptors (Lipinski definition) is 4. The van der Waals surface area contributed by atoms with Crippen molar-refractivity contribution < 1.29 is 19.2 Å². The summed E-state index contributed by atoms with van der Waals surface area (Å²) in [5, 5.41) is 19.5. The van der Waals surface area contributed by atoms with Gasteiger partial charge in [-0.3, -0.25) is 19.5 Å². The van der Waals surface area contributed by atoms with Crippen LogP contribution in [0.4, 0.5) is 10.1 Å². The van der Waals surface area contributed by atoms with Gasteiger partial charge in [0.05, 0.1) is 16.2 Å². The van der Waals surface area contributed by atoms with E-state index in [0.29, 0.717) is 4.57 Å². The second-order valence-electron chi connectivity index (χ2n) is 3.82. The number of aromatic nitrogens is 1. The van der Waals surface area contributed by atoms with E-state index < -0.39 is 28.0 Å². The van der Waals surface area contributed by atoms with Crippen LogP contribution >= 0.6 is 0 Å². The molecule has 20 heavy (non-hydrogen) atoms. The van der Waals surface area contributed by atoms with Crippen molar-refractivity contribution in [1.29, 1.82) is 0 Å². The number of rotatable bonds is 3. The van der Waals surface area contributed by atoms with Gasteiger partial charge in [0.1, 0.15) is 5.82 Å². The topological polar surface area (TPSA) is 102 Å². The van der Waals surface area contributed by atoms with Crippen molar-refractivity contribution in [2.75, 3.05) is 0 Å². The minimum atomic E-state index is -1.30. The van der Waals surface area contributed by atoms with Crippen LogP contribution < -0.4 is 5.56 Å². The van der Waals surface area contributed by atoms with Crippen LogP contribution in [0.2, 0.25) is 0 Å². The zero-order valence-corrected chi connectivity index (χ0v) is 9.82. The second kappa shape index (κ2) is 4.92. The summed E-state index contributed by atoms with van der Waals surface area (Å²) in [5.74, 6) is -2.18. The number of carboxylic acids is 1. The zero-order valence-electron chi connectivity index (χ0n) is 9.82. The van der Waals surface area contributed by atoms with Crippen molar-refractivity contribution in [3.63, 3.8) is 0 Å². The van der Waals surface area contributed by atoms with E-state index >= 15 is 0 Å². The molecule has 102 valence electrons. The van der Waals surface area contributed by atoms with E-state index in [1.807, 2.05) is 0 Å². The van der Waals surface area contributed by atoms with E-state index in [-0.39, 0.29) is 11.3 Å². The highest BCUT2D eigenvalue weighted by Crippen LogP contribution is 2.19. The lowest BCUT2D eigenvalue weighted by molar-refractivity contribution is -0.384. The molecule has 0 amide bonds. The van der Waals surface area contributed by atoms with Crippen LogP contribution in [-0.2, 0) is 0 Å². The average molecular weight is 278 g/mol. The first-order valence-electron chi connectivity index (χ1n) is 5.30. The Morgan fingerprint density at radius 2 is 2.00 bits per heavy atom. The molecule has 0 radical (unpaired) electrons.